The minimum Gasteiger partial charge on any atom is -0.477 e. The number of pyridine rings is 1. The molecule has 0 radical (unpaired) electrons. The second kappa shape index (κ2) is 6.23. The van der Waals surface area contributed by atoms with E-state index in [2.05, 4.69) is 0 Å². The summed E-state index contributed by atoms with van der Waals surface area (Å²) in [5.74, 6) is -1.99. The van der Waals surface area contributed by atoms with Crippen molar-refractivity contribution < 1.29 is 14.3 Å². The molecular formula is C19H23FN4O3. The van der Waals surface area contributed by atoms with Crippen LogP contribution in [0.1, 0.15) is 48.1 Å². The fourth-order valence-electron chi connectivity index (χ4n) is 4.12. The molecule has 2 aliphatic rings. The number of carboxylic acid groups (broad SMARTS) is 1. The Labute approximate surface area is 155 Å². The lowest BCUT2D eigenvalue weighted by atomic mass is 9.99. The summed E-state index contributed by atoms with van der Waals surface area (Å²) in [4.78, 5) is 26.3. The molecule has 5 N–H and O–H groups in total. The fraction of sp³-hybridized carbons (Fsp3) is 0.474. The molecule has 1 atom stereocenters. The smallest absolute Gasteiger partial charge is 0.341 e. The predicted octanol–water partition coefficient (Wildman–Crippen LogP) is 1.86. The van der Waals surface area contributed by atoms with Gasteiger partial charge in [-0.1, -0.05) is 6.92 Å². The molecule has 27 heavy (non-hydrogen) atoms. The number of rotatable bonds is 4. The third-order valence-electron chi connectivity index (χ3n) is 5.59. The molecule has 1 saturated heterocycles. The second-order valence-corrected chi connectivity index (χ2v) is 7.44. The van der Waals surface area contributed by atoms with E-state index in [1.807, 2.05) is 16.4 Å². The van der Waals surface area contributed by atoms with Crippen LogP contribution in [-0.4, -0.2) is 34.8 Å². The molecule has 0 amide bonds. The van der Waals surface area contributed by atoms with E-state index in [4.69, 9.17) is 11.5 Å². The Morgan fingerprint density at radius 3 is 2.59 bits per heavy atom. The number of hydrogen-bond donors (Lipinski definition) is 3. The van der Waals surface area contributed by atoms with Gasteiger partial charge in [-0.15, -0.1) is 0 Å². The summed E-state index contributed by atoms with van der Waals surface area (Å²) in [6.45, 7) is 3.05. The van der Waals surface area contributed by atoms with Crippen molar-refractivity contribution in [2.45, 2.75) is 44.7 Å². The van der Waals surface area contributed by atoms with Crippen LogP contribution in [0.4, 0.5) is 15.8 Å². The number of halogens is 1. The van der Waals surface area contributed by atoms with Gasteiger partial charge in [0.15, 0.2) is 5.82 Å². The number of benzene rings is 1. The molecule has 1 aliphatic heterocycles. The van der Waals surface area contributed by atoms with Crippen LogP contribution < -0.4 is 21.8 Å². The van der Waals surface area contributed by atoms with Gasteiger partial charge in [-0.3, -0.25) is 4.79 Å². The van der Waals surface area contributed by atoms with Crippen LogP contribution in [0.2, 0.25) is 0 Å². The van der Waals surface area contributed by atoms with E-state index in [0.717, 1.165) is 19.3 Å². The first-order valence-electron chi connectivity index (χ1n) is 9.27. The number of fused-ring (bicyclic) bond motifs is 1. The molecule has 1 saturated carbocycles. The van der Waals surface area contributed by atoms with E-state index in [1.54, 1.807) is 0 Å². The normalized spacial score (nSPS) is 19.8. The minimum atomic E-state index is -1.33. The van der Waals surface area contributed by atoms with Crippen molar-refractivity contribution in [1.29, 1.82) is 0 Å². The summed E-state index contributed by atoms with van der Waals surface area (Å²) >= 11 is 0. The molecule has 7 nitrogen and oxygen atoms in total. The van der Waals surface area contributed by atoms with Gasteiger partial charge in [-0.25, -0.2) is 9.18 Å². The Hall–Kier alpha value is -2.61. The lowest BCUT2D eigenvalue weighted by Crippen LogP contribution is -2.29. The zero-order valence-corrected chi connectivity index (χ0v) is 15.2. The van der Waals surface area contributed by atoms with Gasteiger partial charge in [0, 0.05) is 36.9 Å². The van der Waals surface area contributed by atoms with Crippen molar-refractivity contribution in [3.05, 3.63) is 33.4 Å². The number of carbonyl (C=O) groups is 1. The minimum absolute atomic E-state index is 0.0246. The molecule has 4 rings (SSSR count). The molecule has 1 unspecified atom stereocenters. The molecule has 1 aromatic carbocycles. The quantitative estimate of drug-likeness (QED) is 0.704. The molecule has 2 fully saturated rings. The van der Waals surface area contributed by atoms with Crippen molar-refractivity contribution in [1.82, 2.24) is 4.57 Å². The van der Waals surface area contributed by atoms with Crippen molar-refractivity contribution in [3.63, 3.8) is 0 Å². The van der Waals surface area contributed by atoms with Crippen LogP contribution in [0, 0.1) is 5.82 Å². The number of carboxylic acids is 1. The second-order valence-electron chi connectivity index (χ2n) is 7.44. The lowest BCUT2D eigenvalue weighted by Gasteiger charge is -2.26. The third-order valence-corrected chi connectivity index (χ3v) is 5.59. The standard InChI is InChI=1S/C19H23FN4O3/c1-2-11-16-13(15(22)14(20)17(11)23-6-5-9(21)7-23)18(25)12(19(26)27)8-24(16)10-3-4-10/h8-10H,2-7,21-22H2,1H3,(H,26,27). The highest BCUT2D eigenvalue weighted by Crippen LogP contribution is 2.43. The summed E-state index contributed by atoms with van der Waals surface area (Å²) in [5, 5.41) is 9.40. The summed E-state index contributed by atoms with van der Waals surface area (Å²) in [5.41, 5.74) is 12.3. The molecule has 1 aliphatic carbocycles. The number of nitrogens with two attached hydrogens (primary N) is 2. The Morgan fingerprint density at radius 2 is 2.07 bits per heavy atom. The molecular weight excluding hydrogens is 351 g/mol. The van der Waals surface area contributed by atoms with Gasteiger partial charge < -0.3 is 26.0 Å². The highest BCUT2D eigenvalue weighted by atomic mass is 19.1. The fourth-order valence-corrected chi connectivity index (χ4v) is 4.12. The van der Waals surface area contributed by atoms with E-state index >= 15 is 4.39 Å². The van der Waals surface area contributed by atoms with Gasteiger partial charge in [-0.2, -0.15) is 0 Å². The molecule has 0 spiro atoms. The number of anilines is 2. The van der Waals surface area contributed by atoms with Crippen LogP contribution >= 0.6 is 0 Å². The Bertz CT molecular complexity index is 1010. The largest absolute Gasteiger partial charge is 0.477 e. The average Bonchev–Trinajstić information content (AvgIpc) is 3.38. The zero-order chi connectivity index (χ0) is 19.5. The maximum Gasteiger partial charge on any atom is 0.341 e. The third kappa shape index (κ3) is 2.66. The number of hydrogen-bond acceptors (Lipinski definition) is 5. The summed E-state index contributed by atoms with van der Waals surface area (Å²) in [6.07, 6.45) is 4.42. The van der Waals surface area contributed by atoms with Gasteiger partial charge in [0.2, 0.25) is 5.43 Å². The number of nitrogens with zero attached hydrogens (tertiary/aromatic N) is 2. The van der Waals surface area contributed by atoms with Gasteiger partial charge in [0.1, 0.15) is 5.56 Å². The average molecular weight is 374 g/mol. The number of aromatic nitrogens is 1. The highest BCUT2D eigenvalue weighted by Gasteiger charge is 2.33. The first-order chi connectivity index (χ1) is 12.8. The Kier molecular flexibility index (Phi) is 4.10. The van der Waals surface area contributed by atoms with Crippen LogP contribution in [0.3, 0.4) is 0 Å². The predicted molar refractivity (Wildman–Crippen MR) is 102 cm³/mol. The van der Waals surface area contributed by atoms with Crippen molar-refractivity contribution >= 4 is 28.2 Å². The Morgan fingerprint density at radius 1 is 1.37 bits per heavy atom. The summed E-state index contributed by atoms with van der Waals surface area (Å²) < 4.78 is 17.1. The number of nitrogen functional groups attached to an aromatic ring is 1. The number of aromatic carboxylic acids is 1. The molecule has 8 heteroatoms. The zero-order valence-electron chi connectivity index (χ0n) is 15.2. The maximum atomic E-state index is 15.3. The highest BCUT2D eigenvalue weighted by molar-refractivity contribution is 6.01. The monoisotopic (exact) mass is 374 g/mol. The first-order valence-corrected chi connectivity index (χ1v) is 9.27. The first kappa shape index (κ1) is 17.8. The number of aryl methyl sites for hydroxylation is 1. The van der Waals surface area contributed by atoms with Crippen molar-refractivity contribution in [2.24, 2.45) is 5.73 Å². The summed E-state index contributed by atoms with van der Waals surface area (Å²) in [7, 11) is 0. The molecule has 2 aromatic rings. The molecule has 2 heterocycles. The van der Waals surface area contributed by atoms with Crippen LogP contribution in [0.15, 0.2) is 11.0 Å². The Balaban J connectivity index is 2.13. The van der Waals surface area contributed by atoms with E-state index in [9.17, 15) is 14.7 Å². The van der Waals surface area contributed by atoms with Crippen LogP contribution in [-0.2, 0) is 6.42 Å². The molecule has 0 bridgehead atoms. The van der Waals surface area contributed by atoms with Gasteiger partial charge in [-0.05, 0) is 25.7 Å². The van der Waals surface area contributed by atoms with Gasteiger partial charge >= 0.3 is 5.97 Å². The van der Waals surface area contributed by atoms with E-state index in [-0.39, 0.29) is 28.7 Å². The summed E-state index contributed by atoms with van der Waals surface area (Å²) in [6, 6.07) is 0.0704. The van der Waals surface area contributed by atoms with Crippen molar-refractivity contribution in [3.8, 4) is 0 Å². The van der Waals surface area contributed by atoms with Crippen molar-refractivity contribution in [2.75, 3.05) is 23.7 Å². The van der Waals surface area contributed by atoms with Crippen LogP contribution in [0.25, 0.3) is 10.9 Å². The van der Waals surface area contributed by atoms with Gasteiger partial charge in [0.05, 0.1) is 22.3 Å². The molecule has 144 valence electrons. The SMILES string of the molecule is CCc1c(N2CCC(N)C2)c(F)c(N)c2c(=O)c(C(=O)O)cn(C3CC3)c12. The van der Waals surface area contributed by atoms with E-state index < -0.39 is 17.2 Å². The van der Waals surface area contributed by atoms with Crippen LogP contribution in [0.5, 0.6) is 0 Å². The van der Waals surface area contributed by atoms with E-state index in [0.29, 0.717) is 36.3 Å². The molecule has 1 aromatic heterocycles. The maximum absolute atomic E-state index is 15.3. The topological polar surface area (TPSA) is 115 Å². The van der Waals surface area contributed by atoms with E-state index in [1.165, 1.54) is 6.20 Å². The lowest BCUT2D eigenvalue weighted by molar-refractivity contribution is 0.0695. The van der Waals surface area contributed by atoms with Gasteiger partial charge in [0.25, 0.3) is 0 Å².